The Labute approximate surface area is 128 Å². The van der Waals surface area contributed by atoms with Gasteiger partial charge in [-0.15, -0.1) is 0 Å². The van der Waals surface area contributed by atoms with Crippen molar-refractivity contribution in [1.29, 1.82) is 0 Å². The number of hydrogen-bond acceptors (Lipinski definition) is 3. The second kappa shape index (κ2) is 7.92. The lowest BCUT2D eigenvalue weighted by Gasteiger charge is -2.24. The largest absolute Gasteiger partial charge is 0.380 e. The maximum absolute atomic E-state index is 5.79. The van der Waals surface area contributed by atoms with Gasteiger partial charge in [0.2, 0.25) is 0 Å². The highest BCUT2D eigenvalue weighted by molar-refractivity contribution is 5.16. The molecule has 1 heterocycles. The molecule has 0 amide bonds. The predicted molar refractivity (Wildman–Crippen MR) is 86.5 cm³/mol. The number of benzene rings is 1. The standard InChI is InChI=1S/C18H28N2O/c1-2-5-16(6-3-1)13-18-14-20(10-4-9-19-18)11-12-21-15-17-7-8-17/h1-3,5-6,17-19H,4,7-15H2. The fourth-order valence-corrected chi connectivity index (χ4v) is 3.04. The minimum absolute atomic E-state index is 0.568. The van der Waals surface area contributed by atoms with E-state index in [1.54, 1.807) is 0 Å². The summed E-state index contributed by atoms with van der Waals surface area (Å²) in [7, 11) is 0. The van der Waals surface area contributed by atoms with Crippen molar-refractivity contribution in [2.75, 3.05) is 39.4 Å². The monoisotopic (exact) mass is 288 g/mol. The number of nitrogens with zero attached hydrogens (tertiary/aromatic N) is 1. The first kappa shape index (κ1) is 15.0. The lowest BCUT2D eigenvalue weighted by molar-refractivity contribution is 0.0956. The average Bonchev–Trinajstić information content (AvgIpc) is 3.33. The van der Waals surface area contributed by atoms with Crippen LogP contribution in [0.15, 0.2) is 30.3 Å². The van der Waals surface area contributed by atoms with Crippen LogP contribution in [0.4, 0.5) is 0 Å². The molecule has 116 valence electrons. The van der Waals surface area contributed by atoms with Gasteiger partial charge >= 0.3 is 0 Å². The van der Waals surface area contributed by atoms with E-state index in [0.717, 1.165) is 45.2 Å². The predicted octanol–water partition coefficient (Wildman–Crippen LogP) is 2.32. The molecule has 1 aliphatic carbocycles. The summed E-state index contributed by atoms with van der Waals surface area (Å²) in [6.45, 7) is 6.44. The summed E-state index contributed by atoms with van der Waals surface area (Å²) in [4.78, 5) is 2.57. The smallest absolute Gasteiger partial charge is 0.0593 e. The molecule has 3 nitrogen and oxygen atoms in total. The lowest BCUT2D eigenvalue weighted by atomic mass is 10.1. The first-order chi connectivity index (χ1) is 10.4. The van der Waals surface area contributed by atoms with Gasteiger partial charge in [0, 0.05) is 25.7 Å². The molecular formula is C18H28N2O. The summed E-state index contributed by atoms with van der Waals surface area (Å²) >= 11 is 0. The number of rotatable bonds is 7. The molecule has 0 radical (unpaired) electrons. The average molecular weight is 288 g/mol. The molecule has 3 rings (SSSR count). The molecule has 1 atom stereocenters. The van der Waals surface area contributed by atoms with Crippen molar-refractivity contribution in [2.24, 2.45) is 5.92 Å². The second-order valence-electron chi connectivity index (χ2n) is 6.51. The molecule has 3 heteroatoms. The Balaban J connectivity index is 1.41. The van der Waals surface area contributed by atoms with E-state index in [4.69, 9.17) is 4.74 Å². The van der Waals surface area contributed by atoms with Gasteiger partial charge in [0.15, 0.2) is 0 Å². The minimum atomic E-state index is 0.568. The van der Waals surface area contributed by atoms with E-state index in [0.29, 0.717) is 6.04 Å². The summed E-state index contributed by atoms with van der Waals surface area (Å²) in [5.74, 6) is 0.877. The van der Waals surface area contributed by atoms with Gasteiger partial charge in [-0.1, -0.05) is 30.3 Å². The van der Waals surface area contributed by atoms with Crippen LogP contribution in [0.1, 0.15) is 24.8 Å². The van der Waals surface area contributed by atoms with Crippen LogP contribution in [0.2, 0.25) is 0 Å². The molecule has 1 aromatic rings. The third-order valence-corrected chi connectivity index (χ3v) is 4.49. The SMILES string of the molecule is c1ccc(CC2CN(CCOCC3CC3)CCCN2)cc1. The molecule has 0 bridgehead atoms. The molecule has 2 fully saturated rings. The van der Waals surface area contributed by atoms with Crippen LogP contribution in [-0.2, 0) is 11.2 Å². The van der Waals surface area contributed by atoms with Crippen molar-refractivity contribution in [3.8, 4) is 0 Å². The van der Waals surface area contributed by atoms with E-state index in [9.17, 15) is 0 Å². The molecule has 1 aromatic carbocycles. The summed E-state index contributed by atoms with van der Waals surface area (Å²) in [5.41, 5.74) is 1.43. The van der Waals surface area contributed by atoms with Crippen molar-refractivity contribution < 1.29 is 4.74 Å². The van der Waals surface area contributed by atoms with Gasteiger partial charge in [-0.25, -0.2) is 0 Å². The van der Waals surface area contributed by atoms with Crippen LogP contribution in [0.3, 0.4) is 0 Å². The molecule has 21 heavy (non-hydrogen) atoms. The topological polar surface area (TPSA) is 24.5 Å². The lowest BCUT2D eigenvalue weighted by Crippen LogP contribution is -2.40. The third-order valence-electron chi connectivity index (χ3n) is 4.49. The quantitative estimate of drug-likeness (QED) is 0.779. The van der Waals surface area contributed by atoms with Crippen LogP contribution in [0.5, 0.6) is 0 Å². The van der Waals surface area contributed by atoms with E-state index >= 15 is 0 Å². The third kappa shape index (κ3) is 5.42. The van der Waals surface area contributed by atoms with Crippen molar-refractivity contribution in [2.45, 2.75) is 31.7 Å². The molecule has 1 saturated heterocycles. The first-order valence-electron chi connectivity index (χ1n) is 8.47. The molecule has 2 aliphatic rings. The second-order valence-corrected chi connectivity index (χ2v) is 6.51. The Hall–Kier alpha value is -0.900. The summed E-state index contributed by atoms with van der Waals surface area (Å²) in [6.07, 6.45) is 5.13. The maximum Gasteiger partial charge on any atom is 0.0593 e. The van der Waals surface area contributed by atoms with E-state index in [1.807, 2.05) is 0 Å². The van der Waals surface area contributed by atoms with Crippen molar-refractivity contribution in [3.05, 3.63) is 35.9 Å². The zero-order valence-corrected chi connectivity index (χ0v) is 13.0. The summed E-state index contributed by atoms with van der Waals surface area (Å²) < 4.78 is 5.79. The Kier molecular flexibility index (Phi) is 5.67. The van der Waals surface area contributed by atoms with Crippen LogP contribution in [-0.4, -0.2) is 50.3 Å². The van der Waals surface area contributed by atoms with E-state index < -0.39 is 0 Å². The molecule has 0 spiro atoms. The minimum Gasteiger partial charge on any atom is -0.380 e. The number of ether oxygens (including phenoxy) is 1. The zero-order valence-electron chi connectivity index (χ0n) is 13.0. The molecule has 1 aliphatic heterocycles. The molecule has 0 aromatic heterocycles. The van der Waals surface area contributed by atoms with Crippen LogP contribution < -0.4 is 5.32 Å². The van der Waals surface area contributed by atoms with Gasteiger partial charge in [-0.2, -0.15) is 0 Å². The molecule has 1 unspecified atom stereocenters. The summed E-state index contributed by atoms with van der Waals surface area (Å²) in [6, 6.07) is 11.4. The van der Waals surface area contributed by atoms with Crippen LogP contribution >= 0.6 is 0 Å². The van der Waals surface area contributed by atoms with Gasteiger partial charge in [0.25, 0.3) is 0 Å². The van der Waals surface area contributed by atoms with E-state index in [1.165, 1.54) is 31.4 Å². The van der Waals surface area contributed by atoms with Crippen molar-refractivity contribution >= 4 is 0 Å². The first-order valence-corrected chi connectivity index (χ1v) is 8.47. The fraction of sp³-hybridized carbons (Fsp3) is 0.667. The van der Waals surface area contributed by atoms with E-state index in [-0.39, 0.29) is 0 Å². The fourth-order valence-electron chi connectivity index (χ4n) is 3.04. The van der Waals surface area contributed by atoms with Gasteiger partial charge in [0.1, 0.15) is 0 Å². The van der Waals surface area contributed by atoms with Crippen molar-refractivity contribution in [3.63, 3.8) is 0 Å². The van der Waals surface area contributed by atoms with Gasteiger partial charge < -0.3 is 10.1 Å². The normalized spacial score (nSPS) is 23.9. The Bertz CT molecular complexity index is 405. The van der Waals surface area contributed by atoms with Crippen LogP contribution in [0.25, 0.3) is 0 Å². The Morgan fingerprint density at radius 1 is 1.19 bits per heavy atom. The summed E-state index contributed by atoms with van der Waals surface area (Å²) in [5, 5.41) is 3.70. The van der Waals surface area contributed by atoms with Gasteiger partial charge in [-0.05, 0) is 50.3 Å². The zero-order chi connectivity index (χ0) is 14.3. The molecule has 1 saturated carbocycles. The highest BCUT2D eigenvalue weighted by Crippen LogP contribution is 2.28. The molecular weight excluding hydrogens is 260 g/mol. The highest BCUT2D eigenvalue weighted by Gasteiger charge is 2.21. The van der Waals surface area contributed by atoms with Gasteiger partial charge in [-0.3, -0.25) is 4.90 Å². The van der Waals surface area contributed by atoms with E-state index in [2.05, 4.69) is 40.5 Å². The maximum atomic E-state index is 5.79. The van der Waals surface area contributed by atoms with Crippen molar-refractivity contribution in [1.82, 2.24) is 10.2 Å². The number of nitrogens with one attached hydrogen (secondary N) is 1. The highest BCUT2D eigenvalue weighted by atomic mass is 16.5. The number of hydrogen-bond donors (Lipinski definition) is 1. The van der Waals surface area contributed by atoms with Crippen LogP contribution in [0, 0.1) is 5.92 Å². The molecule has 1 N–H and O–H groups in total. The van der Waals surface area contributed by atoms with Gasteiger partial charge in [0.05, 0.1) is 6.61 Å². The Morgan fingerprint density at radius 3 is 2.86 bits per heavy atom. The Morgan fingerprint density at radius 2 is 2.05 bits per heavy atom.